The van der Waals surface area contributed by atoms with Crippen LogP contribution in [-0.4, -0.2) is 0 Å². The molecule has 5 heteroatoms. The van der Waals surface area contributed by atoms with Crippen LogP contribution >= 0.6 is 31.9 Å². The molecule has 2 aromatic rings. The summed E-state index contributed by atoms with van der Waals surface area (Å²) < 4.78 is 39.7. The van der Waals surface area contributed by atoms with Crippen molar-refractivity contribution in [1.29, 1.82) is 0 Å². The molecule has 0 radical (unpaired) electrons. The minimum Gasteiger partial charge on any atom is -0.206 e. The molecular formula is C13H7Br2F3. The summed E-state index contributed by atoms with van der Waals surface area (Å²) in [4.78, 5) is -0.419. The molecule has 1 unspecified atom stereocenters. The Morgan fingerprint density at radius 2 is 1.61 bits per heavy atom. The maximum atomic E-state index is 13.4. The molecule has 0 aliphatic heterocycles. The molecule has 0 nitrogen and oxygen atoms in total. The molecule has 2 aromatic carbocycles. The van der Waals surface area contributed by atoms with E-state index in [1.165, 1.54) is 12.1 Å². The fraction of sp³-hybridized carbons (Fsp3) is 0.0769. The van der Waals surface area contributed by atoms with Crippen LogP contribution in [0.1, 0.15) is 16.0 Å². The zero-order valence-corrected chi connectivity index (χ0v) is 12.1. The zero-order chi connectivity index (χ0) is 13.3. The summed E-state index contributed by atoms with van der Waals surface area (Å²) in [6.07, 6.45) is 0. The first-order chi connectivity index (χ1) is 8.50. The molecule has 0 heterocycles. The normalized spacial score (nSPS) is 12.5. The Bertz CT molecular complexity index is 584. The fourth-order valence-corrected chi connectivity index (χ4v) is 3.03. The van der Waals surface area contributed by atoms with Crippen LogP contribution in [0.3, 0.4) is 0 Å². The molecule has 0 fully saturated rings. The van der Waals surface area contributed by atoms with Gasteiger partial charge in [-0.1, -0.05) is 34.1 Å². The molecule has 94 valence electrons. The van der Waals surface area contributed by atoms with Crippen molar-refractivity contribution in [3.8, 4) is 0 Å². The van der Waals surface area contributed by atoms with E-state index in [1.807, 2.05) is 0 Å². The predicted octanol–water partition coefficient (Wildman–Crippen LogP) is 5.35. The third-order valence-electron chi connectivity index (χ3n) is 2.49. The smallest absolute Gasteiger partial charge is 0.159 e. The second-order valence-corrected chi connectivity index (χ2v) is 5.39. The Labute approximate surface area is 119 Å². The summed E-state index contributed by atoms with van der Waals surface area (Å²) in [6.45, 7) is 0. The van der Waals surface area contributed by atoms with Crippen LogP contribution in [0.4, 0.5) is 13.2 Å². The van der Waals surface area contributed by atoms with Gasteiger partial charge in [-0.05, 0) is 45.3 Å². The molecule has 0 aromatic heterocycles. The van der Waals surface area contributed by atoms with E-state index in [4.69, 9.17) is 0 Å². The third-order valence-corrected chi connectivity index (χ3v) is 4.35. The van der Waals surface area contributed by atoms with E-state index in [0.717, 1.165) is 12.1 Å². The van der Waals surface area contributed by atoms with Gasteiger partial charge in [0.2, 0.25) is 0 Å². The zero-order valence-electron chi connectivity index (χ0n) is 8.93. The van der Waals surface area contributed by atoms with Crippen molar-refractivity contribution in [1.82, 2.24) is 0 Å². The van der Waals surface area contributed by atoms with Crippen molar-refractivity contribution in [2.75, 3.05) is 0 Å². The van der Waals surface area contributed by atoms with Crippen molar-refractivity contribution in [3.63, 3.8) is 0 Å². The first-order valence-corrected chi connectivity index (χ1v) is 6.74. The lowest BCUT2D eigenvalue weighted by Gasteiger charge is -2.13. The van der Waals surface area contributed by atoms with Gasteiger partial charge in [0.15, 0.2) is 11.6 Å². The molecule has 1 atom stereocenters. The van der Waals surface area contributed by atoms with Gasteiger partial charge in [-0.15, -0.1) is 0 Å². The molecule has 0 amide bonds. The number of hydrogen-bond acceptors (Lipinski definition) is 0. The molecule has 0 aliphatic rings. The lowest BCUT2D eigenvalue weighted by molar-refractivity contribution is 0.507. The maximum absolute atomic E-state index is 13.4. The SMILES string of the molecule is Fc1ccc(C(Br)c2cccc(F)c2Br)cc1F. The average Bonchev–Trinajstić information content (AvgIpc) is 2.35. The Balaban J connectivity index is 2.44. The first kappa shape index (κ1) is 13.6. The minimum atomic E-state index is -0.926. The van der Waals surface area contributed by atoms with Crippen LogP contribution in [-0.2, 0) is 0 Å². The van der Waals surface area contributed by atoms with Crippen molar-refractivity contribution in [3.05, 3.63) is 69.4 Å². The van der Waals surface area contributed by atoms with Gasteiger partial charge >= 0.3 is 0 Å². The number of hydrogen-bond donors (Lipinski definition) is 0. The highest BCUT2D eigenvalue weighted by molar-refractivity contribution is 9.11. The predicted molar refractivity (Wildman–Crippen MR) is 71.2 cm³/mol. The number of benzene rings is 2. The van der Waals surface area contributed by atoms with Crippen molar-refractivity contribution < 1.29 is 13.2 Å². The van der Waals surface area contributed by atoms with Crippen molar-refractivity contribution >= 4 is 31.9 Å². The topological polar surface area (TPSA) is 0 Å². The second kappa shape index (κ2) is 5.45. The van der Waals surface area contributed by atoms with Crippen LogP contribution in [0.2, 0.25) is 0 Å². The van der Waals surface area contributed by atoms with Crippen LogP contribution in [0.5, 0.6) is 0 Å². The fourth-order valence-electron chi connectivity index (χ4n) is 1.57. The van der Waals surface area contributed by atoms with Gasteiger partial charge in [0.25, 0.3) is 0 Å². The summed E-state index contributed by atoms with van der Waals surface area (Å²) in [7, 11) is 0. The van der Waals surface area contributed by atoms with E-state index < -0.39 is 22.3 Å². The van der Waals surface area contributed by atoms with E-state index in [1.54, 1.807) is 12.1 Å². The van der Waals surface area contributed by atoms with Gasteiger partial charge in [-0.3, -0.25) is 0 Å². The van der Waals surface area contributed by atoms with E-state index in [9.17, 15) is 13.2 Å². The molecule has 0 saturated heterocycles. The Kier molecular flexibility index (Phi) is 4.12. The van der Waals surface area contributed by atoms with E-state index in [0.29, 0.717) is 15.6 Å². The number of rotatable bonds is 2. The summed E-state index contributed by atoms with van der Waals surface area (Å²) in [5, 5.41) is 0. The highest BCUT2D eigenvalue weighted by Gasteiger charge is 2.17. The number of halogens is 5. The Hall–Kier alpha value is -0.810. The van der Waals surface area contributed by atoms with Gasteiger partial charge in [-0.2, -0.15) is 0 Å². The molecule has 0 bridgehead atoms. The molecule has 0 N–H and O–H groups in total. The molecule has 2 rings (SSSR count). The van der Waals surface area contributed by atoms with Crippen molar-refractivity contribution in [2.24, 2.45) is 0 Å². The monoisotopic (exact) mass is 378 g/mol. The summed E-state index contributed by atoms with van der Waals surface area (Å²) in [5.74, 6) is -2.24. The summed E-state index contributed by atoms with van der Waals surface area (Å²) >= 11 is 6.49. The van der Waals surface area contributed by atoms with Crippen molar-refractivity contribution in [2.45, 2.75) is 4.83 Å². The minimum absolute atomic E-state index is 0.302. The lowest BCUT2D eigenvalue weighted by Crippen LogP contribution is -1.97. The van der Waals surface area contributed by atoms with E-state index in [-0.39, 0.29) is 0 Å². The van der Waals surface area contributed by atoms with Crippen LogP contribution < -0.4 is 0 Å². The summed E-state index contributed by atoms with van der Waals surface area (Å²) in [5.41, 5.74) is 1.13. The van der Waals surface area contributed by atoms with Crippen LogP contribution in [0.15, 0.2) is 40.9 Å². The third kappa shape index (κ3) is 2.62. The van der Waals surface area contributed by atoms with Gasteiger partial charge in [0, 0.05) is 0 Å². The largest absolute Gasteiger partial charge is 0.206 e. The Morgan fingerprint density at radius 3 is 2.28 bits per heavy atom. The number of alkyl halides is 1. The lowest BCUT2D eigenvalue weighted by atomic mass is 10.0. The highest BCUT2D eigenvalue weighted by atomic mass is 79.9. The van der Waals surface area contributed by atoms with Gasteiger partial charge < -0.3 is 0 Å². The van der Waals surface area contributed by atoms with Crippen LogP contribution in [0.25, 0.3) is 0 Å². The average molecular weight is 380 g/mol. The molecule has 18 heavy (non-hydrogen) atoms. The van der Waals surface area contributed by atoms with E-state index in [2.05, 4.69) is 31.9 Å². The summed E-state index contributed by atoms with van der Waals surface area (Å²) in [6, 6.07) is 8.17. The first-order valence-electron chi connectivity index (χ1n) is 5.03. The quantitative estimate of drug-likeness (QED) is 0.617. The van der Waals surface area contributed by atoms with E-state index >= 15 is 0 Å². The second-order valence-electron chi connectivity index (χ2n) is 3.68. The molecular weight excluding hydrogens is 373 g/mol. The maximum Gasteiger partial charge on any atom is 0.159 e. The van der Waals surface area contributed by atoms with Gasteiger partial charge in [-0.25, -0.2) is 13.2 Å². The standard InChI is InChI=1S/C13H7Br2F3/c14-12(7-4-5-9(16)11(18)6-7)8-2-1-3-10(17)13(8)15/h1-6,12H. The van der Waals surface area contributed by atoms with Gasteiger partial charge in [0.1, 0.15) is 5.82 Å². The highest BCUT2D eigenvalue weighted by Crippen LogP contribution is 2.36. The van der Waals surface area contributed by atoms with Crippen LogP contribution in [0, 0.1) is 17.5 Å². The molecule has 0 spiro atoms. The molecule has 0 aliphatic carbocycles. The molecule has 0 saturated carbocycles. The Morgan fingerprint density at radius 1 is 0.889 bits per heavy atom. The van der Waals surface area contributed by atoms with Gasteiger partial charge in [0.05, 0.1) is 9.30 Å².